The third kappa shape index (κ3) is 7.09. The first-order chi connectivity index (χ1) is 9.44. The van der Waals surface area contributed by atoms with E-state index < -0.39 is 0 Å². The van der Waals surface area contributed by atoms with E-state index in [0.717, 1.165) is 6.42 Å². The Morgan fingerprint density at radius 3 is 1.95 bits per heavy atom. The third-order valence-corrected chi connectivity index (χ3v) is 4.34. The van der Waals surface area contributed by atoms with Crippen molar-refractivity contribution in [1.29, 1.82) is 0 Å². The number of hydrogen-bond donors (Lipinski definition) is 2. The van der Waals surface area contributed by atoms with Gasteiger partial charge in [-0.05, 0) is 48.0 Å². The summed E-state index contributed by atoms with van der Waals surface area (Å²) in [6.45, 7) is 19.6. The number of hydrogen-bond acceptors (Lipinski definition) is 4. The summed E-state index contributed by atoms with van der Waals surface area (Å²) in [6, 6.07) is 0.747. The second-order valence-corrected chi connectivity index (χ2v) is 7.36. The molecule has 0 heterocycles. The lowest BCUT2D eigenvalue weighted by Crippen LogP contribution is -2.55. The standard InChI is InChI=1S/C17H38N2O2/c1-10-17(9,14(5)19-12(2)3)21-15(6)16(7,8)20-11-13(4)18/h12-15,19H,10-11,18H2,1-9H3. The third-order valence-electron chi connectivity index (χ3n) is 4.34. The van der Waals surface area contributed by atoms with Gasteiger partial charge in [0.15, 0.2) is 0 Å². The summed E-state index contributed by atoms with van der Waals surface area (Å²) >= 11 is 0. The van der Waals surface area contributed by atoms with Gasteiger partial charge in [-0.3, -0.25) is 0 Å². The van der Waals surface area contributed by atoms with Crippen molar-refractivity contribution in [3.63, 3.8) is 0 Å². The largest absolute Gasteiger partial charge is 0.371 e. The normalized spacial score (nSPS) is 20.1. The van der Waals surface area contributed by atoms with Gasteiger partial charge < -0.3 is 20.5 Å². The van der Waals surface area contributed by atoms with Crippen LogP contribution in [0.1, 0.15) is 68.7 Å². The van der Waals surface area contributed by atoms with Crippen molar-refractivity contribution < 1.29 is 9.47 Å². The van der Waals surface area contributed by atoms with Crippen LogP contribution in [0, 0.1) is 0 Å². The first-order valence-corrected chi connectivity index (χ1v) is 8.28. The molecule has 0 aromatic carbocycles. The van der Waals surface area contributed by atoms with Crippen LogP contribution in [0.25, 0.3) is 0 Å². The van der Waals surface area contributed by atoms with Crippen LogP contribution in [0.4, 0.5) is 0 Å². The SMILES string of the molecule is CCC(C)(OC(C)C(C)(C)OCC(C)N)C(C)NC(C)C. The lowest BCUT2D eigenvalue weighted by Gasteiger charge is -2.43. The summed E-state index contributed by atoms with van der Waals surface area (Å²) in [5.41, 5.74) is 5.20. The molecule has 0 spiro atoms. The zero-order valence-corrected chi connectivity index (χ0v) is 15.6. The van der Waals surface area contributed by atoms with E-state index in [0.29, 0.717) is 12.6 Å². The Bertz CT molecular complexity index is 293. The molecule has 4 nitrogen and oxygen atoms in total. The minimum Gasteiger partial charge on any atom is -0.371 e. The Balaban J connectivity index is 4.78. The van der Waals surface area contributed by atoms with E-state index in [-0.39, 0.29) is 29.4 Å². The Morgan fingerprint density at radius 1 is 1.05 bits per heavy atom. The minimum atomic E-state index is -0.360. The molecule has 0 radical (unpaired) electrons. The summed E-state index contributed by atoms with van der Waals surface area (Å²) in [7, 11) is 0. The second kappa shape index (κ2) is 8.47. The van der Waals surface area contributed by atoms with Gasteiger partial charge in [0.25, 0.3) is 0 Å². The average molecular weight is 303 g/mol. The van der Waals surface area contributed by atoms with Gasteiger partial charge in [-0.1, -0.05) is 20.8 Å². The van der Waals surface area contributed by atoms with Crippen LogP contribution in [0.15, 0.2) is 0 Å². The Morgan fingerprint density at radius 2 is 1.57 bits per heavy atom. The molecule has 4 heteroatoms. The lowest BCUT2D eigenvalue weighted by molar-refractivity contribution is -0.181. The fourth-order valence-electron chi connectivity index (χ4n) is 2.18. The Kier molecular flexibility index (Phi) is 8.40. The van der Waals surface area contributed by atoms with Crippen LogP contribution in [0.3, 0.4) is 0 Å². The van der Waals surface area contributed by atoms with Crippen LogP contribution in [-0.2, 0) is 9.47 Å². The molecule has 128 valence electrons. The maximum atomic E-state index is 6.42. The molecule has 4 atom stereocenters. The van der Waals surface area contributed by atoms with Crippen molar-refractivity contribution in [2.45, 2.75) is 104 Å². The first-order valence-electron chi connectivity index (χ1n) is 8.28. The highest BCUT2D eigenvalue weighted by Crippen LogP contribution is 2.28. The molecule has 0 aliphatic carbocycles. The number of nitrogens with two attached hydrogens (primary N) is 1. The van der Waals surface area contributed by atoms with E-state index in [1.807, 2.05) is 6.92 Å². The molecule has 0 saturated carbocycles. The summed E-state index contributed by atoms with van der Waals surface area (Å²) in [6.07, 6.45) is 0.930. The van der Waals surface area contributed by atoms with Crippen LogP contribution in [0.5, 0.6) is 0 Å². The van der Waals surface area contributed by atoms with E-state index in [1.165, 1.54) is 0 Å². The Labute approximate surface area is 132 Å². The highest BCUT2D eigenvalue weighted by atomic mass is 16.6. The molecule has 0 rings (SSSR count). The molecule has 0 amide bonds. The monoisotopic (exact) mass is 302 g/mol. The van der Waals surface area contributed by atoms with Gasteiger partial charge in [-0.25, -0.2) is 0 Å². The maximum absolute atomic E-state index is 6.42. The van der Waals surface area contributed by atoms with Crippen molar-refractivity contribution >= 4 is 0 Å². The van der Waals surface area contributed by atoms with Crippen LogP contribution in [-0.4, -0.2) is 42.0 Å². The van der Waals surface area contributed by atoms with Gasteiger partial charge in [0.1, 0.15) is 0 Å². The van der Waals surface area contributed by atoms with Crippen LogP contribution in [0.2, 0.25) is 0 Å². The molecule has 0 bridgehead atoms. The molecule has 0 saturated heterocycles. The van der Waals surface area contributed by atoms with Crippen LogP contribution < -0.4 is 11.1 Å². The van der Waals surface area contributed by atoms with Crippen molar-refractivity contribution in [3.8, 4) is 0 Å². The highest BCUT2D eigenvalue weighted by molar-refractivity contribution is 4.90. The summed E-state index contributed by atoms with van der Waals surface area (Å²) < 4.78 is 12.4. The van der Waals surface area contributed by atoms with E-state index in [9.17, 15) is 0 Å². The molecular weight excluding hydrogens is 264 g/mol. The molecule has 0 aromatic rings. The smallest absolute Gasteiger partial charge is 0.0885 e. The van der Waals surface area contributed by atoms with E-state index in [1.54, 1.807) is 0 Å². The molecule has 0 fully saturated rings. The lowest BCUT2D eigenvalue weighted by atomic mass is 9.92. The molecule has 0 aliphatic rings. The zero-order chi connectivity index (χ0) is 16.8. The predicted octanol–water partition coefficient (Wildman–Crippen LogP) is 3.09. The minimum absolute atomic E-state index is 0.0161. The van der Waals surface area contributed by atoms with Gasteiger partial charge in [0, 0.05) is 18.1 Å². The molecular formula is C17H38N2O2. The van der Waals surface area contributed by atoms with Gasteiger partial charge in [-0.15, -0.1) is 0 Å². The van der Waals surface area contributed by atoms with Gasteiger partial charge in [0.2, 0.25) is 0 Å². The average Bonchev–Trinajstić information content (AvgIpc) is 2.35. The molecule has 4 unspecified atom stereocenters. The first kappa shape index (κ1) is 20.8. The van der Waals surface area contributed by atoms with Crippen molar-refractivity contribution in [2.24, 2.45) is 5.73 Å². The fraction of sp³-hybridized carbons (Fsp3) is 1.00. The molecule has 0 aromatic heterocycles. The number of rotatable bonds is 10. The van der Waals surface area contributed by atoms with E-state index in [4.69, 9.17) is 15.2 Å². The summed E-state index contributed by atoms with van der Waals surface area (Å²) in [4.78, 5) is 0. The second-order valence-electron chi connectivity index (χ2n) is 7.36. The van der Waals surface area contributed by atoms with Gasteiger partial charge in [0.05, 0.1) is 23.9 Å². The van der Waals surface area contributed by atoms with Gasteiger partial charge in [-0.2, -0.15) is 0 Å². The highest BCUT2D eigenvalue weighted by Gasteiger charge is 2.37. The molecule has 0 aliphatic heterocycles. The van der Waals surface area contributed by atoms with Gasteiger partial charge >= 0.3 is 0 Å². The maximum Gasteiger partial charge on any atom is 0.0885 e. The van der Waals surface area contributed by atoms with Crippen molar-refractivity contribution in [3.05, 3.63) is 0 Å². The molecule has 21 heavy (non-hydrogen) atoms. The molecule has 3 N–H and O–H groups in total. The Hall–Kier alpha value is -0.160. The summed E-state index contributed by atoms with van der Waals surface area (Å²) in [5, 5.41) is 3.56. The zero-order valence-electron chi connectivity index (χ0n) is 15.6. The van der Waals surface area contributed by atoms with Crippen molar-refractivity contribution in [1.82, 2.24) is 5.32 Å². The van der Waals surface area contributed by atoms with E-state index in [2.05, 4.69) is 60.7 Å². The quantitative estimate of drug-likeness (QED) is 0.651. The fourth-order valence-corrected chi connectivity index (χ4v) is 2.18. The number of nitrogens with one attached hydrogen (secondary N) is 1. The van der Waals surface area contributed by atoms with Crippen LogP contribution >= 0.6 is 0 Å². The van der Waals surface area contributed by atoms with Crippen molar-refractivity contribution in [2.75, 3.05) is 6.61 Å². The summed E-state index contributed by atoms with van der Waals surface area (Å²) in [5.74, 6) is 0. The topological polar surface area (TPSA) is 56.5 Å². The predicted molar refractivity (Wildman–Crippen MR) is 90.7 cm³/mol. The number of ether oxygens (including phenoxy) is 2. The van der Waals surface area contributed by atoms with E-state index >= 15 is 0 Å².